The molecule has 2 aromatic rings. The lowest BCUT2D eigenvalue weighted by atomic mass is 10.0. The zero-order chi connectivity index (χ0) is 17.8. The molecule has 1 aromatic carbocycles. The van der Waals surface area contributed by atoms with Gasteiger partial charge in [0, 0.05) is 25.1 Å². The second-order valence-corrected chi connectivity index (χ2v) is 6.43. The van der Waals surface area contributed by atoms with Gasteiger partial charge in [-0.2, -0.15) is 0 Å². The van der Waals surface area contributed by atoms with Crippen LogP contribution in [0, 0.1) is 6.92 Å². The zero-order valence-corrected chi connectivity index (χ0v) is 14.8. The van der Waals surface area contributed by atoms with Crippen LogP contribution >= 0.6 is 11.6 Å². The molecule has 1 aromatic heterocycles. The van der Waals surface area contributed by atoms with Crippen molar-refractivity contribution in [2.24, 2.45) is 0 Å². The first-order chi connectivity index (χ1) is 12.1. The average molecular weight is 362 g/mol. The van der Waals surface area contributed by atoms with Gasteiger partial charge in [0.25, 0.3) is 0 Å². The Morgan fingerprint density at radius 2 is 2.16 bits per heavy atom. The normalized spacial score (nSPS) is 17.9. The molecule has 2 amide bonds. The molecule has 1 saturated heterocycles. The molecule has 0 bridgehead atoms. The number of nitrogens with one attached hydrogen (secondary N) is 1. The number of amides is 2. The van der Waals surface area contributed by atoms with Gasteiger partial charge in [-0.1, -0.05) is 35.5 Å². The molecule has 1 aliphatic heterocycles. The smallest absolute Gasteiger partial charge is 0.229 e. The minimum atomic E-state index is -0.254. The van der Waals surface area contributed by atoms with Gasteiger partial charge in [0.15, 0.2) is 0 Å². The fourth-order valence-electron chi connectivity index (χ4n) is 3.12. The molecule has 1 N–H and O–H groups in total. The Hall–Kier alpha value is -2.34. The number of carbonyl (C=O) groups is 2. The maximum Gasteiger partial charge on any atom is 0.229 e. The fraction of sp³-hybridized carbons (Fsp3) is 0.389. The van der Waals surface area contributed by atoms with Crippen LogP contribution in [0.15, 0.2) is 34.9 Å². The highest BCUT2D eigenvalue weighted by Gasteiger charge is 2.29. The summed E-state index contributed by atoms with van der Waals surface area (Å²) in [6, 6.07) is 9.40. The van der Waals surface area contributed by atoms with Gasteiger partial charge in [-0.15, -0.1) is 0 Å². The Balaban J connectivity index is 1.77. The first kappa shape index (κ1) is 17.5. The molecule has 1 aliphatic rings. The SMILES string of the molecule is Cc1noc(Cl)c1CCC(=O)N1CCNC(=O)CC1c1ccccc1. The topological polar surface area (TPSA) is 75.4 Å². The summed E-state index contributed by atoms with van der Waals surface area (Å²) in [4.78, 5) is 26.6. The number of hydrogen-bond acceptors (Lipinski definition) is 4. The third kappa shape index (κ3) is 4.02. The molecular weight excluding hydrogens is 342 g/mol. The van der Waals surface area contributed by atoms with Crippen molar-refractivity contribution < 1.29 is 14.1 Å². The standard InChI is InChI=1S/C18H20ClN3O3/c1-12-14(18(19)25-21-12)7-8-17(24)22-10-9-20-16(23)11-15(22)13-5-3-2-4-6-13/h2-6,15H,7-11H2,1H3,(H,20,23). The Kier molecular flexibility index (Phi) is 5.38. The van der Waals surface area contributed by atoms with Crippen LogP contribution in [0.4, 0.5) is 0 Å². The van der Waals surface area contributed by atoms with E-state index < -0.39 is 0 Å². The van der Waals surface area contributed by atoms with E-state index in [1.165, 1.54) is 0 Å². The maximum atomic E-state index is 12.9. The van der Waals surface area contributed by atoms with Crippen LogP contribution in [-0.2, 0) is 16.0 Å². The van der Waals surface area contributed by atoms with Crippen LogP contribution in [0.2, 0.25) is 5.22 Å². The van der Waals surface area contributed by atoms with Gasteiger partial charge in [-0.3, -0.25) is 9.59 Å². The number of hydrogen-bond donors (Lipinski definition) is 1. The van der Waals surface area contributed by atoms with Crippen molar-refractivity contribution in [3.63, 3.8) is 0 Å². The van der Waals surface area contributed by atoms with E-state index in [4.69, 9.17) is 16.1 Å². The van der Waals surface area contributed by atoms with Gasteiger partial charge in [0.1, 0.15) is 0 Å². The molecule has 1 fully saturated rings. The van der Waals surface area contributed by atoms with Crippen molar-refractivity contribution in [3.8, 4) is 0 Å². The lowest BCUT2D eigenvalue weighted by Gasteiger charge is -2.29. The molecule has 1 atom stereocenters. The summed E-state index contributed by atoms with van der Waals surface area (Å²) in [5, 5.41) is 6.88. The summed E-state index contributed by atoms with van der Waals surface area (Å²) in [7, 11) is 0. The lowest BCUT2D eigenvalue weighted by molar-refractivity contribution is -0.133. The highest BCUT2D eigenvalue weighted by Crippen LogP contribution is 2.27. The second-order valence-electron chi connectivity index (χ2n) is 6.09. The van der Waals surface area contributed by atoms with Gasteiger partial charge in [0.05, 0.1) is 18.2 Å². The van der Waals surface area contributed by atoms with Crippen molar-refractivity contribution >= 4 is 23.4 Å². The third-order valence-electron chi connectivity index (χ3n) is 4.46. The van der Waals surface area contributed by atoms with E-state index in [0.717, 1.165) is 11.1 Å². The molecule has 2 heterocycles. The van der Waals surface area contributed by atoms with Gasteiger partial charge < -0.3 is 14.7 Å². The van der Waals surface area contributed by atoms with Crippen molar-refractivity contribution in [3.05, 3.63) is 52.4 Å². The first-order valence-corrected chi connectivity index (χ1v) is 8.66. The molecule has 0 aliphatic carbocycles. The summed E-state index contributed by atoms with van der Waals surface area (Å²) in [5.41, 5.74) is 2.42. The minimum Gasteiger partial charge on any atom is -0.354 e. The molecule has 3 rings (SSSR count). The van der Waals surface area contributed by atoms with Gasteiger partial charge in [0.2, 0.25) is 17.0 Å². The largest absolute Gasteiger partial charge is 0.354 e. The van der Waals surface area contributed by atoms with E-state index in [0.29, 0.717) is 31.6 Å². The molecule has 25 heavy (non-hydrogen) atoms. The summed E-state index contributed by atoms with van der Waals surface area (Å²) < 4.78 is 4.93. The van der Waals surface area contributed by atoms with E-state index in [1.807, 2.05) is 30.3 Å². The molecular formula is C18H20ClN3O3. The van der Waals surface area contributed by atoms with E-state index in [9.17, 15) is 9.59 Å². The number of halogens is 1. The molecule has 0 radical (unpaired) electrons. The number of aryl methyl sites for hydroxylation is 1. The Morgan fingerprint density at radius 1 is 1.40 bits per heavy atom. The van der Waals surface area contributed by atoms with Crippen LogP contribution in [0.1, 0.15) is 35.7 Å². The van der Waals surface area contributed by atoms with Crippen molar-refractivity contribution in [1.82, 2.24) is 15.4 Å². The van der Waals surface area contributed by atoms with Crippen LogP contribution in [0.5, 0.6) is 0 Å². The first-order valence-electron chi connectivity index (χ1n) is 8.28. The van der Waals surface area contributed by atoms with E-state index in [1.54, 1.807) is 11.8 Å². The number of aromatic nitrogens is 1. The molecule has 1 unspecified atom stereocenters. The second kappa shape index (κ2) is 7.70. The van der Waals surface area contributed by atoms with Crippen LogP contribution < -0.4 is 5.32 Å². The molecule has 0 spiro atoms. The average Bonchev–Trinajstić information content (AvgIpc) is 2.81. The Labute approximate surface area is 151 Å². The molecule has 0 saturated carbocycles. The molecule has 7 heteroatoms. The zero-order valence-electron chi connectivity index (χ0n) is 14.0. The summed E-state index contributed by atoms with van der Waals surface area (Å²) >= 11 is 5.98. The Morgan fingerprint density at radius 3 is 2.84 bits per heavy atom. The summed E-state index contributed by atoms with van der Waals surface area (Å²) in [6.07, 6.45) is 1.02. The minimum absolute atomic E-state index is 0.0120. The molecule has 6 nitrogen and oxygen atoms in total. The highest BCUT2D eigenvalue weighted by molar-refractivity contribution is 6.29. The summed E-state index contributed by atoms with van der Waals surface area (Å²) in [5.74, 6) is -0.0518. The maximum absolute atomic E-state index is 12.9. The van der Waals surface area contributed by atoms with Crippen molar-refractivity contribution in [1.29, 1.82) is 0 Å². The van der Waals surface area contributed by atoms with E-state index in [-0.39, 0.29) is 29.5 Å². The van der Waals surface area contributed by atoms with Crippen LogP contribution in [-0.4, -0.2) is 35.0 Å². The monoisotopic (exact) mass is 361 g/mol. The predicted molar refractivity (Wildman–Crippen MR) is 93.1 cm³/mol. The number of benzene rings is 1. The predicted octanol–water partition coefficient (Wildman–Crippen LogP) is 2.66. The fourth-order valence-corrected chi connectivity index (χ4v) is 3.38. The highest BCUT2D eigenvalue weighted by atomic mass is 35.5. The van der Waals surface area contributed by atoms with Crippen molar-refractivity contribution in [2.45, 2.75) is 32.2 Å². The lowest BCUT2D eigenvalue weighted by Crippen LogP contribution is -2.36. The molecule has 132 valence electrons. The van der Waals surface area contributed by atoms with Gasteiger partial charge in [-0.25, -0.2) is 0 Å². The van der Waals surface area contributed by atoms with E-state index >= 15 is 0 Å². The number of carbonyl (C=O) groups excluding carboxylic acids is 2. The van der Waals surface area contributed by atoms with Gasteiger partial charge in [-0.05, 0) is 30.5 Å². The third-order valence-corrected chi connectivity index (χ3v) is 4.76. The van der Waals surface area contributed by atoms with Crippen LogP contribution in [0.3, 0.4) is 0 Å². The number of rotatable bonds is 4. The van der Waals surface area contributed by atoms with Crippen molar-refractivity contribution in [2.75, 3.05) is 13.1 Å². The van der Waals surface area contributed by atoms with E-state index in [2.05, 4.69) is 10.5 Å². The number of nitrogens with zero attached hydrogens (tertiary/aromatic N) is 2. The quantitative estimate of drug-likeness (QED) is 0.908. The summed E-state index contributed by atoms with van der Waals surface area (Å²) in [6.45, 7) is 2.75. The van der Waals surface area contributed by atoms with Crippen LogP contribution in [0.25, 0.3) is 0 Å². The van der Waals surface area contributed by atoms with Gasteiger partial charge >= 0.3 is 0 Å². The Bertz CT molecular complexity index is 741.